The second-order valence-corrected chi connectivity index (χ2v) is 7.99. The first-order valence-electron chi connectivity index (χ1n) is 11.1. The summed E-state index contributed by atoms with van der Waals surface area (Å²) in [6.07, 6.45) is 5.93. The van der Waals surface area contributed by atoms with Gasteiger partial charge in [-0.2, -0.15) is 0 Å². The lowest BCUT2D eigenvalue weighted by atomic mass is 10.0. The van der Waals surface area contributed by atoms with Crippen molar-refractivity contribution in [1.82, 2.24) is 19.9 Å². The largest absolute Gasteiger partial charge is 0.497 e. The molecule has 1 aliphatic rings. The zero-order valence-corrected chi connectivity index (χ0v) is 19.4. The van der Waals surface area contributed by atoms with E-state index in [2.05, 4.69) is 26.8 Å². The fourth-order valence-electron chi connectivity index (χ4n) is 3.87. The lowest BCUT2D eigenvalue weighted by molar-refractivity contribution is -0.127. The molecule has 10 heteroatoms. The summed E-state index contributed by atoms with van der Waals surface area (Å²) in [7, 11) is 1.60. The van der Waals surface area contributed by atoms with Gasteiger partial charge < -0.3 is 25.4 Å². The summed E-state index contributed by atoms with van der Waals surface area (Å²) < 4.78 is 10.9. The first-order chi connectivity index (χ1) is 17.0. The Morgan fingerprint density at radius 2 is 1.97 bits per heavy atom. The van der Waals surface area contributed by atoms with Crippen molar-refractivity contribution in [2.24, 2.45) is 0 Å². The number of aromatic nitrogens is 3. The molecule has 180 valence electrons. The van der Waals surface area contributed by atoms with E-state index in [4.69, 9.17) is 20.6 Å². The van der Waals surface area contributed by atoms with Gasteiger partial charge in [0, 0.05) is 37.0 Å². The molecule has 1 saturated heterocycles. The Hall–Kier alpha value is -4.47. The van der Waals surface area contributed by atoms with Crippen LogP contribution in [0.1, 0.15) is 24.0 Å². The summed E-state index contributed by atoms with van der Waals surface area (Å²) in [6.45, 7) is 4.77. The molecular formula is C25H27N7O3. The Kier molecular flexibility index (Phi) is 7.20. The number of nitrogens with two attached hydrogens (primary N) is 1. The van der Waals surface area contributed by atoms with Crippen molar-refractivity contribution in [2.45, 2.75) is 18.9 Å². The van der Waals surface area contributed by atoms with Crippen LogP contribution in [-0.4, -0.2) is 57.7 Å². The third-order valence-electron chi connectivity index (χ3n) is 5.68. The van der Waals surface area contributed by atoms with E-state index in [1.165, 1.54) is 12.4 Å². The number of methoxy groups -OCH3 is 1. The highest BCUT2D eigenvalue weighted by Gasteiger charge is 2.25. The van der Waals surface area contributed by atoms with E-state index in [0.29, 0.717) is 41.7 Å². The van der Waals surface area contributed by atoms with Crippen molar-refractivity contribution in [3.8, 4) is 17.4 Å². The monoisotopic (exact) mass is 473 g/mol. The molecule has 1 amide bonds. The fraction of sp³-hybridized carbons (Fsp3) is 0.240. The van der Waals surface area contributed by atoms with E-state index in [1.54, 1.807) is 54.6 Å². The number of likely N-dealkylation sites (tertiary alicyclic amines) is 1. The summed E-state index contributed by atoms with van der Waals surface area (Å²) in [4.78, 5) is 26.5. The number of nitrogen functional groups attached to an aromatic ring is 1. The number of benzene rings is 1. The summed E-state index contributed by atoms with van der Waals surface area (Å²) in [6, 6.07) is 10.5. The van der Waals surface area contributed by atoms with Crippen LogP contribution >= 0.6 is 0 Å². The average Bonchev–Trinajstić information content (AvgIpc) is 2.89. The molecule has 0 bridgehead atoms. The lowest BCUT2D eigenvalue weighted by Crippen LogP contribution is -2.44. The van der Waals surface area contributed by atoms with Crippen LogP contribution in [0.25, 0.3) is 0 Å². The number of nitrogens with one attached hydrogen (secondary N) is 2. The van der Waals surface area contributed by atoms with Gasteiger partial charge in [0.15, 0.2) is 0 Å². The van der Waals surface area contributed by atoms with Crippen LogP contribution in [0.3, 0.4) is 0 Å². The normalized spacial score (nSPS) is 15.2. The minimum Gasteiger partial charge on any atom is -0.497 e. The van der Waals surface area contributed by atoms with E-state index < -0.39 is 0 Å². The van der Waals surface area contributed by atoms with Crippen LogP contribution in [0.2, 0.25) is 0 Å². The van der Waals surface area contributed by atoms with Crippen LogP contribution < -0.4 is 20.5 Å². The summed E-state index contributed by atoms with van der Waals surface area (Å²) in [5.41, 5.74) is 7.19. The van der Waals surface area contributed by atoms with Crippen molar-refractivity contribution in [3.63, 3.8) is 0 Å². The molecule has 0 spiro atoms. The average molecular weight is 474 g/mol. The molecule has 35 heavy (non-hydrogen) atoms. The predicted octanol–water partition coefficient (Wildman–Crippen LogP) is 3.26. The topological polar surface area (TPSA) is 139 Å². The molecule has 0 saturated carbocycles. The Morgan fingerprint density at radius 3 is 2.66 bits per heavy atom. The molecule has 1 fully saturated rings. The molecule has 10 nitrogen and oxygen atoms in total. The quantitative estimate of drug-likeness (QED) is 0.335. The van der Waals surface area contributed by atoms with Gasteiger partial charge in [0.05, 0.1) is 18.4 Å². The predicted molar refractivity (Wildman–Crippen MR) is 133 cm³/mol. The number of pyridine rings is 1. The van der Waals surface area contributed by atoms with Crippen molar-refractivity contribution < 1.29 is 14.3 Å². The molecule has 1 unspecified atom stereocenters. The maximum absolute atomic E-state index is 12.0. The molecule has 1 aliphatic heterocycles. The Morgan fingerprint density at radius 1 is 1.20 bits per heavy atom. The molecule has 2 aromatic heterocycles. The van der Waals surface area contributed by atoms with Gasteiger partial charge in [-0.05, 0) is 49.2 Å². The molecular weight excluding hydrogens is 446 g/mol. The number of hydrogen-bond donors (Lipinski definition) is 3. The molecule has 3 heterocycles. The number of carbonyl (C=O) groups excluding carboxylic acids is 1. The number of carbonyl (C=O) groups is 1. The number of ether oxygens (including phenoxy) is 2. The number of anilines is 2. The minimum absolute atomic E-state index is 0.0353. The molecule has 1 aromatic carbocycles. The van der Waals surface area contributed by atoms with Crippen LogP contribution in [0.4, 0.5) is 11.6 Å². The number of amides is 1. The third kappa shape index (κ3) is 5.55. The van der Waals surface area contributed by atoms with Gasteiger partial charge in [-0.3, -0.25) is 10.2 Å². The first-order valence-corrected chi connectivity index (χ1v) is 11.1. The van der Waals surface area contributed by atoms with Gasteiger partial charge in [-0.15, -0.1) is 0 Å². The first kappa shape index (κ1) is 23.7. The molecule has 1 atom stereocenters. The number of piperidine rings is 1. The van der Waals surface area contributed by atoms with Crippen LogP contribution in [0.5, 0.6) is 17.4 Å². The standard InChI is InChI=1S/C25H27N7O3/c1-3-21(33)32-12-4-5-17(14-32)31-25-22(24(27)29-15-30-25)23(26)16-6-11-20(28-13-16)35-19-9-7-18(34-2)8-10-19/h3,6-11,13,15,17,26H,1,4-5,12,14H2,2H3,(H3,27,29,30,31). The number of hydrogen-bond acceptors (Lipinski definition) is 9. The second-order valence-electron chi connectivity index (χ2n) is 7.99. The third-order valence-corrected chi connectivity index (χ3v) is 5.68. The zero-order chi connectivity index (χ0) is 24.8. The SMILES string of the molecule is C=CC(=O)N1CCCC(Nc2ncnc(N)c2C(=N)c2ccc(Oc3ccc(OC)cc3)nc2)C1. The van der Waals surface area contributed by atoms with Gasteiger partial charge in [0.25, 0.3) is 0 Å². The smallest absolute Gasteiger partial charge is 0.246 e. The Bertz CT molecular complexity index is 1210. The van der Waals surface area contributed by atoms with Gasteiger partial charge in [-0.25, -0.2) is 15.0 Å². The maximum Gasteiger partial charge on any atom is 0.246 e. The van der Waals surface area contributed by atoms with Gasteiger partial charge >= 0.3 is 0 Å². The van der Waals surface area contributed by atoms with Crippen molar-refractivity contribution in [2.75, 3.05) is 31.2 Å². The van der Waals surface area contributed by atoms with Crippen LogP contribution in [-0.2, 0) is 4.79 Å². The van der Waals surface area contributed by atoms with E-state index in [9.17, 15) is 4.79 Å². The second kappa shape index (κ2) is 10.6. The van der Waals surface area contributed by atoms with Crippen LogP contribution in [0.15, 0.2) is 61.6 Å². The number of nitrogens with zero attached hydrogens (tertiary/aromatic N) is 4. The molecule has 0 aliphatic carbocycles. The zero-order valence-electron chi connectivity index (χ0n) is 19.4. The maximum atomic E-state index is 12.0. The fourth-order valence-corrected chi connectivity index (χ4v) is 3.87. The van der Waals surface area contributed by atoms with Crippen molar-refractivity contribution in [1.29, 1.82) is 5.41 Å². The highest BCUT2D eigenvalue weighted by atomic mass is 16.5. The lowest BCUT2D eigenvalue weighted by Gasteiger charge is -2.33. The van der Waals surface area contributed by atoms with E-state index >= 15 is 0 Å². The highest BCUT2D eigenvalue weighted by molar-refractivity contribution is 6.16. The van der Waals surface area contributed by atoms with E-state index in [-0.39, 0.29) is 23.5 Å². The van der Waals surface area contributed by atoms with E-state index in [0.717, 1.165) is 18.6 Å². The molecule has 4 N–H and O–H groups in total. The summed E-state index contributed by atoms with van der Waals surface area (Å²) in [5, 5.41) is 12.1. The number of rotatable bonds is 8. The van der Waals surface area contributed by atoms with Gasteiger partial charge in [0.1, 0.15) is 29.5 Å². The van der Waals surface area contributed by atoms with Crippen LogP contribution in [0, 0.1) is 5.41 Å². The molecule has 0 radical (unpaired) electrons. The minimum atomic E-state index is -0.102. The van der Waals surface area contributed by atoms with Gasteiger partial charge in [-0.1, -0.05) is 6.58 Å². The van der Waals surface area contributed by atoms with Gasteiger partial charge in [0.2, 0.25) is 11.8 Å². The Balaban J connectivity index is 1.50. The van der Waals surface area contributed by atoms with Crippen molar-refractivity contribution >= 4 is 23.3 Å². The van der Waals surface area contributed by atoms with Crippen molar-refractivity contribution in [3.05, 3.63) is 72.7 Å². The molecule has 3 aromatic rings. The summed E-state index contributed by atoms with van der Waals surface area (Å²) >= 11 is 0. The molecule has 4 rings (SSSR count). The van der Waals surface area contributed by atoms with E-state index in [1.807, 2.05) is 0 Å². The highest BCUT2D eigenvalue weighted by Crippen LogP contribution is 2.26. The summed E-state index contributed by atoms with van der Waals surface area (Å²) in [5.74, 6) is 2.25. The Labute approximate surface area is 203 Å².